The van der Waals surface area contributed by atoms with Crippen LogP contribution in [0, 0.1) is 6.92 Å². The smallest absolute Gasteiger partial charge is 0.263 e. The summed E-state index contributed by atoms with van der Waals surface area (Å²) >= 11 is 6.21. The predicted molar refractivity (Wildman–Crippen MR) is 140 cm³/mol. The summed E-state index contributed by atoms with van der Waals surface area (Å²) < 4.78 is 28.5. The van der Waals surface area contributed by atoms with Crippen LogP contribution in [0.2, 0.25) is 5.02 Å². The first-order valence-corrected chi connectivity index (χ1v) is 13.6. The average Bonchev–Trinajstić information content (AvgIpc) is 2.85. The number of aryl methyl sites for hydroxylation is 1. The van der Waals surface area contributed by atoms with Gasteiger partial charge in [0.1, 0.15) is 4.90 Å². The molecule has 184 valence electrons. The largest absolute Gasteiger partial charge is 0.348 e. The number of sulfonamides is 1. The molecule has 6 nitrogen and oxygen atoms in total. The molecule has 0 aromatic heterocycles. The zero-order chi connectivity index (χ0) is 24.8. The van der Waals surface area contributed by atoms with Crippen LogP contribution < -0.4 is 10.0 Å². The van der Waals surface area contributed by atoms with Gasteiger partial charge in [-0.3, -0.25) is 14.4 Å². The highest BCUT2D eigenvalue weighted by atomic mass is 35.5. The zero-order valence-corrected chi connectivity index (χ0v) is 21.3. The summed E-state index contributed by atoms with van der Waals surface area (Å²) in [5, 5.41) is 2.98. The van der Waals surface area contributed by atoms with Gasteiger partial charge in [0.2, 0.25) is 0 Å². The number of amides is 1. The number of carbonyl (C=O) groups is 1. The van der Waals surface area contributed by atoms with Crippen molar-refractivity contribution in [1.82, 2.24) is 10.2 Å². The van der Waals surface area contributed by atoms with Crippen molar-refractivity contribution in [3.63, 3.8) is 0 Å². The van der Waals surface area contributed by atoms with E-state index in [-0.39, 0.29) is 21.4 Å². The molecular weight excluding hydrogens is 482 g/mol. The third kappa shape index (κ3) is 6.63. The topological polar surface area (TPSA) is 78.5 Å². The van der Waals surface area contributed by atoms with Crippen molar-refractivity contribution in [3.8, 4) is 0 Å². The van der Waals surface area contributed by atoms with Crippen LogP contribution in [-0.2, 0) is 23.1 Å². The van der Waals surface area contributed by atoms with E-state index in [9.17, 15) is 13.2 Å². The van der Waals surface area contributed by atoms with E-state index in [4.69, 9.17) is 11.6 Å². The van der Waals surface area contributed by atoms with Gasteiger partial charge in [0.15, 0.2) is 0 Å². The van der Waals surface area contributed by atoms with E-state index in [1.165, 1.54) is 43.0 Å². The van der Waals surface area contributed by atoms with Crippen LogP contribution in [0.15, 0.2) is 71.6 Å². The molecule has 1 aliphatic heterocycles. The maximum atomic E-state index is 13.0. The van der Waals surface area contributed by atoms with Gasteiger partial charge in [-0.05, 0) is 74.3 Å². The minimum Gasteiger partial charge on any atom is -0.348 e. The fourth-order valence-corrected chi connectivity index (χ4v) is 5.79. The minimum absolute atomic E-state index is 0.0491. The van der Waals surface area contributed by atoms with Crippen molar-refractivity contribution < 1.29 is 13.2 Å². The number of likely N-dealkylation sites (tertiary alicyclic amines) is 1. The molecule has 0 spiro atoms. The van der Waals surface area contributed by atoms with E-state index in [0.717, 1.165) is 30.8 Å². The summed E-state index contributed by atoms with van der Waals surface area (Å²) in [7, 11) is -3.97. The number of hydrogen-bond donors (Lipinski definition) is 2. The Morgan fingerprint density at radius 1 is 0.943 bits per heavy atom. The summed E-state index contributed by atoms with van der Waals surface area (Å²) in [5.74, 6) is -0.360. The number of piperidine rings is 1. The molecule has 4 rings (SSSR count). The van der Waals surface area contributed by atoms with Gasteiger partial charge in [-0.1, -0.05) is 60.0 Å². The molecule has 2 N–H and O–H groups in total. The molecule has 0 bridgehead atoms. The van der Waals surface area contributed by atoms with Crippen LogP contribution in [0.25, 0.3) is 0 Å². The Labute approximate surface area is 212 Å². The molecule has 0 aliphatic carbocycles. The predicted octanol–water partition coefficient (Wildman–Crippen LogP) is 5.37. The van der Waals surface area contributed by atoms with Gasteiger partial charge in [0, 0.05) is 24.3 Å². The molecule has 1 heterocycles. The SMILES string of the molecule is Cc1ccc(NS(=O)(=O)c2cc(C(=O)NCc3ccccc3CN3CCCCC3)ccc2Cl)cc1. The monoisotopic (exact) mass is 511 g/mol. The maximum Gasteiger partial charge on any atom is 0.263 e. The van der Waals surface area contributed by atoms with Crippen LogP contribution in [-0.4, -0.2) is 32.3 Å². The molecule has 1 aliphatic rings. The summed E-state index contributed by atoms with van der Waals surface area (Å²) in [6.07, 6.45) is 3.73. The summed E-state index contributed by atoms with van der Waals surface area (Å²) in [6.45, 7) is 5.33. The number of nitrogens with zero attached hydrogens (tertiary/aromatic N) is 1. The van der Waals surface area contributed by atoms with Gasteiger partial charge in [-0.15, -0.1) is 0 Å². The van der Waals surface area contributed by atoms with Crippen molar-refractivity contribution in [2.75, 3.05) is 17.8 Å². The Balaban J connectivity index is 1.46. The molecular formula is C27H30ClN3O3S. The summed E-state index contributed by atoms with van der Waals surface area (Å²) in [6, 6.07) is 19.4. The normalized spacial score (nSPS) is 14.5. The van der Waals surface area contributed by atoms with Gasteiger partial charge in [-0.2, -0.15) is 0 Å². The summed E-state index contributed by atoms with van der Waals surface area (Å²) in [4.78, 5) is 15.2. The highest BCUT2D eigenvalue weighted by molar-refractivity contribution is 7.92. The molecule has 1 fully saturated rings. The molecule has 3 aromatic rings. The van der Waals surface area contributed by atoms with E-state index < -0.39 is 10.0 Å². The second kappa shape index (κ2) is 11.2. The van der Waals surface area contributed by atoms with E-state index in [2.05, 4.69) is 21.0 Å². The van der Waals surface area contributed by atoms with E-state index in [0.29, 0.717) is 12.2 Å². The second-order valence-corrected chi connectivity index (χ2v) is 11.0. The number of halogens is 1. The lowest BCUT2D eigenvalue weighted by Crippen LogP contribution is -2.30. The fourth-order valence-electron chi connectivity index (χ4n) is 4.20. The third-order valence-electron chi connectivity index (χ3n) is 6.19. The number of anilines is 1. The van der Waals surface area contributed by atoms with Gasteiger partial charge in [0.25, 0.3) is 15.9 Å². The lowest BCUT2D eigenvalue weighted by atomic mass is 10.0. The zero-order valence-electron chi connectivity index (χ0n) is 19.8. The Bertz CT molecular complexity index is 1290. The Hall–Kier alpha value is -2.87. The van der Waals surface area contributed by atoms with Crippen LogP contribution in [0.5, 0.6) is 0 Å². The first kappa shape index (κ1) is 25.2. The molecule has 35 heavy (non-hydrogen) atoms. The van der Waals surface area contributed by atoms with Crippen LogP contribution >= 0.6 is 11.6 Å². The van der Waals surface area contributed by atoms with Gasteiger partial charge >= 0.3 is 0 Å². The highest BCUT2D eigenvalue weighted by Gasteiger charge is 2.21. The average molecular weight is 512 g/mol. The van der Waals surface area contributed by atoms with Crippen molar-refractivity contribution >= 4 is 33.2 Å². The van der Waals surface area contributed by atoms with E-state index >= 15 is 0 Å². The molecule has 0 atom stereocenters. The summed E-state index contributed by atoms with van der Waals surface area (Å²) in [5.41, 5.74) is 3.91. The van der Waals surface area contributed by atoms with Crippen molar-refractivity contribution in [2.24, 2.45) is 0 Å². The Morgan fingerprint density at radius 3 is 2.34 bits per heavy atom. The van der Waals surface area contributed by atoms with Crippen molar-refractivity contribution in [2.45, 2.75) is 44.2 Å². The van der Waals surface area contributed by atoms with Crippen LogP contribution in [0.4, 0.5) is 5.69 Å². The lowest BCUT2D eigenvalue weighted by molar-refractivity contribution is 0.0950. The number of benzene rings is 3. The van der Waals surface area contributed by atoms with Crippen molar-refractivity contribution in [3.05, 3.63) is 94.0 Å². The maximum absolute atomic E-state index is 13.0. The highest BCUT2D eigenvalue weighted by Crippen LogP contribution is 2.25. The molecule has 0 saturated carbocycles. The van der Waals surface area contributed by atoms with Gasteiger partial charge in [0.05, 0.1) is 5.02 Å². The van der Waals surface area contributed by atoms with Crippen LogP contribution in [0.1, 0.15) is 46.3 Å². The molecule has 0 unspecified atom stereocenters. The molecule has 3 aromatic carbocycles. The van der Waals surface area contributed by atoms with Gasteiger partial charge < -0.3 is 5.32 Å². The molecule has 1 saturated heterocycles. The number of nitrogens with one attached hydrogen (secondary N) is 2. The first-order valence-electron chi connectivity index (χ1n) is 11.8. The van der Waals surface area contributed by atoms with E-state index in [1.807, 2.05) is 37.3 Å². The third-order valence-corrected chi connectivity index (χ3v) is 8.05. The molecule has 8 heteroatoms. The minimum atomic E-state index is -3.97. The Kier molecular flexibility index (Phi) is 8.11. The second-order valence-electron chi connectivity index (χ2n) is 8.90. The molecule has 0 radical (unpaired) electrons. The number of rotatable bonds is 8. The Morgan fingerprint density at radius 2 is 1.63 bits per heavy atom. The van der Waals surface area contributed by atoms with Crippen LogP contribution in [0.3, 0.4) is 0 Å². The van der Waals surface area contributed by atoms with Gasteiger partial charge in [-0.25, -0.2) is 8.42 Å². The number of hydrogen-bond acceptors (Lipinski definition) is 4. The molecule has 1 amide bonds. The quantitative estimate of drug-likeness (QED) is 0.426. The first-order chi connectivity index (χ1) is 16.8. The number of carbonyl (C=O) groups excluding carboxylic acids is 1. The van der Waals surface area contributed by atoms with E-state index in [1.54, 1.807) is 12.1 Å². The lowest BCUT2D eigenvalue weighted by Gasteiger charge is -2.27. The standard InChI is InChI=1S/C27H30ClN3O3S/c1-20-9-12-24(13-10-20)30-35(33,34)26-17-21(11-14-25(26)28)27(32)29-18-22-7-3-4-8-23(22)19-31-15-5-2-6-16-31/h3-4,7-14,17,30H,2,5-6,15-16,18-19H2,1H3,(H,29,32). The fraction of sp³-hybridized carbons (Fsp3) is 0.296. The van der Waals surface area contributed by atoms with Crippen molar-refractivity contribution in [1.29, 1.82) is 0 Å².